The topological polar surface area (TPSA) is 92.7 Å². The molecule has 2 aromatic heterocycles. The van der Waals surface area contributed by atoms with Crippen molar-refractivity contribution in [2.75, 3.05) is 11.9 Å². The van der Waals surface area contributed by atoms with Gasteiger partial charge in [0.2, 0.25) is 0 Å². The fourth-order valence-corrected chi connectivity index (χ4v) is 2.14. The van der Waals surface area contributed by atoms with Crippen molar-refractivity contribution in [2.24, 2.45) is 0 Å². The standard InChI is InChI=1S/C10H13N5O2S/c1-3-11-9-7(13-14-18-9)5-15-4-6(2)8(16)12-10(15)17/h4,11H,3,5H2,1-2H3,(H,12,16,17). The van der Waals surface area contributed by atoms with Crippen molar-refractivity contribution in [3.63, 3.8) is 0 Å². The summed E-state index contributed by atoms with van der Waals surface area (Å²) in [6, 6.07) is 0. The summed E-state index contributed by atoms with van der Waals surface area (Å²) in [5, 5.41) is 7.95. The van der Waals surface area contributed by atoms with Crippen LogP contribution in [0.5, 0.6) is 0 Å². The first-order valence-corrected chi connectivity index (χ1v) is 6.24. The molecule has 0 spiro atoms. The number of anilines is 1. The number of nitrogens with one attached hydrogen (secondary N) is 2. The van der Waals surface area contributed by atoms with Gasteiger partial charge in [-0.1, -0.05) is 4.49 Å². The maximum atomic E-state index is 11.6. The molecule has 0 saturated carbocycles. The number of hydrogen-bond donors (Lipinski definition) is 2. The molecule has 0 aliphatic heterocycles. The van der Waals surface area contributed by atoms with Crippen LogP contribution in [0.3, 0.4) is 0 Å². The molecular formula is C10H13N5O2S. The van der Waals surface area contributed by atoms with Gasteiger partial charge in [-0.25, -0.2) is 4.79 Å². The largest absolute Gasteiger partial charge is 0.374 e. The second-order valence-electron chi connectivity index (χ2n) is 3.78. The van der Waals surface area contributed by atoms with Crippen molar-refractivity contribution in [1.82, 2.24) is 19.1 Å². The predicted molar refractivity (Wildman–Crippen MR) is 69.2 cm³/mol. The van der Waals surface area contributed by atoms with Gasteiger partial charge in [0, 0.05) is 29.8 Å². The van der Waals surface area contributed by atoms with Crippen LogP contribution in [0, 0.1) is 6.92 Å². The van der Waals surface area contributed by atoms with Gasteiger partial charge >= 0.3 is 5.69 Å². The number of H-pyrrole nitrogens is 1. The van der Waals surface area contributed by atoms with E-state index in [1.165, 1.54) is 22.3 Å². The summed E-state index contributed by atoms with van der Waals surface area (Å²) in [4.78, 5) is 25.1. The molecule has 18 heavy (non-hydrogen) atoms. The van der Waals surface area contributed by atoms with Crippen LogP contribution in [0.2, 0.25) is 0 Å². The smallest absolute Gasteiger partial charge is 0.328 e. The lowest BCUT2D eigenvalue weighted by atomic mass is 10.3. The highest BCUT2D eigenvalue weighted by atomic mass is 32.1. The van der Waals surface area contributed by atoms with E-state index in [9.17, 15) is 9.59 Å². The van der Waals surface area contributed by atoms with Gasteiger partial charge in [0.1, 0.15) is 10.7 Å². The maximum absolute atomic E-state index is 11.6. The van der Waals surface area contributed by atoms with Crippen LogP contribution in [0.4, 0.5) is 5.00 Å². The quantitative estimate of drug-likeness (QED) is 0.824. The first-order valence-electron chi connectivity index (χ1n) is 5.47. The molecule has 0 radical (unpaired) electrons. The van der Waals surface area contributed by atoms with Gasteiger partial charge in [-0.2, -0.15) is 0 Å². The minimum atomic E-state index is -0.443. The van der Waals surface area contributed by atoms with Crippen LogP contribution in [0.1, 0.15) is 18.2 Å². The van der Waals surface area contributed by atoms with Crippen molar-refractivity contribution >= 4 is 16.5 Å². The third-order valence-corrected chi connectivity index (χ3v) is 3.13. The van der Waals surface area contributed by atoms with E-state index in [2.05, 4.69) is 19.9 Å². The summed E-state index contributed by atoms with van der Waals surface area (Å²) in [6.07, 6.45) is 1.52. The molecule has 0 aliphatic carbocycles. The lowest BCUT2D eigenvalue weighted by Gasteiger charge is -2.05. The van der Waals surface area contributed by atoms with Gasteiger partial charge in [0.15, 0.2) is 0 Å². The second kappa shape index (κ2) is 5.13. The second-order valence-corrected chi connectivity index (χ2v) is 4.53. The van der Waals surface area contributed by atoms with Crippen LogP contribution < -0.4 is 16.6 Å². The van der Waals surface area contributed by atoms with E-state index < -0.39 is 5.69 Å². The zero-order valence-corrected chi connectivity index (χ0v) is 10.9. The summed E-state index contributed by atoms with van der Waals surface area (Å²) in [5.74, 6) is 0. The van der Waals surface area contributed by atoms with E-state index in [0.717, 1.165) is 11.5 Å². The van der Waals surface area contributed by atoms with E-state index in [1.807, 2.05) is 6.92 Å². The molecule has 96 valence electrons. The Bertz CT molecular complexity index is 657. The normalized spacial score (nSPS) is 10.6. The molecule has 2 N–H and O–H groups in total. The molecule has 0 bridgehead atoms. The van der Waals surface area contributed by atoms with E-state index >= 15 is 0 Å². The predicted octanol–water partition coefficient (Wildman–Crippen LogP) is 0.177. The summed E-state index contributed by atoms with van der Waals surface area (Å²) in [5.41, 5.74) is 0.374. The fourth-order valence-electron chi connectivity index (χ4n) is 1.50. The highest BCUT2D eigenvalue weighted by Crippen LogP contribution is 2.17. The average molecular weight is 267 g/mol. The average Bonchev–Trinajstić information content (AvgIpc) is 2.74. The molecular weight excluding hydrogens is 254 g/mol. The Morgan fingerprint density at radius 3 is 3.00 bits per heavy atom. The first kappa shape index (κ1) is 12.5. The molecule has 7 nitrogen and oxygen atoms in total. The molecule has 2 heterocycles. The summed E-state index contributed by atoms with van der Waals surface area (Å²) >= 11 is 1.25. The van der Waals surface area contributed by atoms with E-state index in [0.29, 0.717) is 11.3 Å². The number of aryl methyl sites for hydroxylation is 1. The highest BCUT2D eigenvalue weighted by molar-refractivity contribution is 7.10. The maximum Gasteiger partial charge on any atom is 0.328 e. The molecule has 2 aromatic rings. The minimum absolute atomic E-state index is 0.287. The van der Waals surface area contributed by atoms with Gasteiger partial charge in [-0.3, -0.25) is 14.3 Å². The summed E-state index contributed by atoms with van der Waals surface area (Å²) in [7, 11) is 0. The Balaban J connectivity index is 2.34. The summed E-state index contributed by atoms with van der Waals surface area (Å²) in [6.45, 7) is 4.67. The van der Waals surface area contributed by atoms with Gasteiger partial charge in [0.05, 0.1) is 6.54 Å². The Kier molecular flexibility index (Phi) is 3.56. The highest BCUT2D eigenvalue weighted by Gasteiger charge is 2.09. The van der Waals surface area contributed by atoms with Crippen molar-refractivity contribution in [3.05, 3.63) is 38.3 Å². The number of hydrogen-bond acceptors (Lipinski definition) is 6. The van der Waals surface area contributed by atoms with Gasteiger partial charge in [0.25, 0.3) is 5.56 Å². The van der Waals surface area contributed by atoms with E-state index in [1.54, 1.807) is 6.92 Å². The lowest BCUT2D eigenvalue weighted by molar-refractivity contribution is 0.697. The molecule has 8 heteroatoms. The molecule has 0 fully saturated rings. The molecule has 0 aliphatic rings. The first-order chi connectivity index (χ1) is 8.61. The molecule has 2 rings (SSSR count). The summed E-state index contributed by atoms with van der Waals surface area (Å²) < 4.78 is 5.26. The third kappa shape index (κ3) is 2.48. The molecule has 0 aromatic carbocycles. The molecule has 0 amide bonds. The Morgan fingerprint density at radius 2 is 2.28 bits per heavy atom. The van der Waals surface area contributed by atoms with E-state index in [4.69, 9.17) is 0 Å². The number of rotatable bonds is 4. The van der Waals surface area contributed by atoms with Crippen molar-refractivity contribution in [2.45, 2.75) is 20.4 Å². The Morgan fingerprint density at radius 1 is 1.50 bits per heavy atom. The van der Waals surface area contributed by atoms with Gasteiger partial charge in [-0.15, -0.1) is 5.10 Å². The molecule has 0 saturated heterocycles. The van der Waals surface area contributed by atoms with Crippen molar-refractivity contribution in [1.29, 1.82) is 0 Å². The van der Waals surface area contributed by atoms with Gasteiger partial charge in [-0.05, 0) is 13.8 Å². The van der Waals surface area contributed by atoms with Crippen LogP contribution in [-0.4, -0.2) is 25.7 Å². The Labute approximate surface area is 107 Å². The zero-order chi connectivity index (χ0) is 13.1. The third-order valence-electron chi connectivity index (χ3n) is 2.40. The lowest BCUT2D eigenvalue weighted by Crippen LogP contribution is -2.31. The number of aromatic nitrogens is 4. The molecule has 0 unspecified atom stereocenters. The monoisotopic (exact) mass is 267 g/mol. The van der Waals surface area contributed by atoms with Crippen LogP contribution in [0.25, 0.3) is 0 Å². The number of nitrogens with zero attached hydrogens (tertiary/aromatic N) is 3. The van der Waals surface area contributed by atoms with Gasteiger partial charge < -0.3 is 5.32 Å². The van der Waals surface area contributed by atoms with Crippen molar-refractivity contribution < 1.29 is 0 Å². The van der Waals surface area contributed by atoms with Crippen LogP contribution >= 0.6 is 11.5 Å². The minimum Gasteiger partial charge on any atom is -0.374 e. The van der Waals surface area contributed by atoms with Crippen LogP contribution in [-0.2, 0) is 6.54 Å². The number of aromatic amines is 1. The molecule has 0 atom stereocenters. The Hall–Kier alpha value is -1.96. The van der Waals surface area contributed by atoms with Crippen molar-refractivity contribution in [3.8, 4) is 0 Å². The zero-order valence-electron chi connectivity index (χ0n) is 10.1. The SMILES string of the molecule is CCNc1snnc1Cn1cc(C)c(=O)[nH]c1=O. The van der Waals surface area contributed by atoms with Crippen LogP contribution in [0.15, 0.2) is 15.8 Å². The van der Waals surface area contributed by atoms with E-state index in [-0.39, 0.29) is 12.1 Å². The fraction of sp³-hybridized carbons (Fsp3) is 0.400.